The van der Waals surface area contributed by atoms with Crippen LogP contribution >= 0.6 is 11.6 Å². The first-order chi connectivity index (χ1) is 10.6. The largest absolute Gasteiger partial charge is 0.344 e. The molecule has 2 heterocycles. The standard InChI is InChI=1S/C16H17ClFN3O/c1-10-9-19-16(20-10)14-6-3-7-21(14)15(22)8-11-12(17)4-2-5-13(11)18/h2,4-5,9,14H,3,6-8H2,1H3,(H,19,20). The number of nitrogens with one attached hydrogen (secondary N) is 1. The number of aryl methyl sites for hydroxylation is 1. The third kappa shape index (κ3) is 2.86. The maximum Gasteiger partial charge on any atom is 0.227 e. The monoisotopic (exact) mass is 321 g/mol. The summed E-state index contributed by atoms with van der Waals surface area (Å²) in [6, 6.07) is 4.40. The van der Waals surface area contributed by atoms with Crippen LogP contribution in [0.3, 0.4) is 0 Å². The summed E-state index contributed by atoms with van der Waals surface area (Å²) in [5.41, 5.74) is 1.22. The minimum atomic E-state index is -0.439. The van der Waals surface area contributed by atoms with E-state index in [1.807, 2.05) is 6.92 Å². The molecule has 0 radical (unpaired) electrons. The topological polar surface area (TPSA) is 49.0 Å². The van der Waals surface area contributed by atoms with E-state index in [1.54, 1.807) is 17.2 Å². The molecule has 1 aromatic heterocycles. The molecule has 1 aliphatic heterocycles. The van der Waals surface area contributed by atoms with Crippen LogP contribution in [-0.4, -0.2) is 27.3 Å². The zero-order valence-corrected chi connectivity index (χ0v) is 13.0. The first-order valence-electron chi connectivity index (χ1n) is 7.30. The molecule has 116 valence electrons. The number of H-pyrrole nitrogens is 1. The van der Waals surface area contributed by atoms with Gasteiger partial charge in [-0.25, -0.2) is 9.37 Å². The van der Waals surface area contributed by atoms with Gasteiger partial charge in [0.05, 0.1) is 12.5 Å². The number of halogens is 2. The lowest BCUT2D eigenvalue weighted by atomic mass is 10.1. The molecule has 22 heavy (non-hydrogen) atoms. The fourth-order valence-electron chi connectivity index (χ4n) is 2.91. The Labute approximate surface area is 133 Å². The van der Waals surface area contributed by atoms with E-state index in [-0.39, 0.29) is 29.0 Å². The van der Waals surface area contributed by atoms with Crippen LogP contribution in [0, 0.1) is 12.7 Å². The number of carbonyl (C=O) groups excluding carboxylic acids is 1. The van der Waals surface area contributed by atoms with Crippen molar-refractivity contribution in [3.05, 3.63) is 52.3 Å². The molecule has 1 amide bonds. The molecule has 0 spiro atoms. The number of aromatic nitrogens is 2. The highest BCUT2D eigenvalue weighted by atomic mass is 35.5. The van der Waals surface area contributed by atoms with E-state index in [4.69, 9.17) is 11.6 Å². The van der Waals surface area contributed by atoms with E-state index in [9.17, 15) is 9.18 Å². The summed E-state index contributed by atoms with van der Waals surface area (Å²) >= 11 is 6.01. The molecule has 0 aliphatic carbocycles. The van der Waals surface area contributed by atoms with Crippen LogP contribution in [0.15, 0.2) is 24.4 Å². The second-order valence-corrected chi connectivity index (χ2v) is 5.98. The molecule has 1 aliphatic rings. The summed E-state index contributed by atoms with van der Waals surface area (Å²) in [5, 5.41) is 0.290. The molecule has 1 atom stereocenters. The molecule has 1 N–H and O–H groups in total. The minimum absolute atomic E-state index is 0.0261. The van der Waals surface area contributed by atoms with E-state index < -0.39 is 5.82 Å². The normalized spacial score (nSPS) is 18.0. The van der Waals surface area contributed by atoms with Crippen LogP contribution in [0.25, 0.3) is 0 Å². The zero-order valence-electron chi connectivity index (χ0n) is 12.3. The van der Waals surface area contributed by atoms with E-state index in [1.165, 1.54) is 12.1 Å². The Morgan fingerprint density at radius 2 is 2.36 bits per heavy atom. The summed E-state index contributed by atoms with van der Waals surface area (Å²) in [7, 11) is 0. The van der Waals surface area contributed by atoms with Gasteiger partial charge in [-0.3, -0.25) is 4.79 Å². The fourth-order valence-corrected chi connectivity index (χ4v) is 3.14. The number of nitrogens with zero attached hydrogens (tertiary/aromatic N) is 2. The van der Waals surface area contributed by atoms with Gasteiger partial charge in [0.15, 0.2) is 0 Å². The Balaban J connectivity index is 1.79. The lowest BCUT2D eigenvalue weighted by molar-refractivity contribution is -0.131. The van der Waals surface area contributed by atoms with Crippen molar-refractivity contribution in [2.45, 2.75) is 32.2 Å². The lowest BCUT2D eigenvalue weighted by Crippen LogP contribution is -2.32. The van der Waals surface area contributed by atoms with Gasteiger partial charge < -0.3 is 9.88 Å². The second kappa shape index (κ2) is 6.08. The molecular weight excluding hydrogens is 305 g/mol. The SMILES string of the molecule is Cc1cnc(C2CCCN2C(=O)Cc2c(F)cccc2Cl)[nH]1. The van der Waals surface area contributed by atoms with Crippen molar-refractivity contribution in [1.82, 2.24) is 14.9 Å². The maximum absolute atomic E-state index is 13.8. The van der Waals surface area contributed by atoms with Gasteiger partial charge in [-0.05, 0) is 31.9 Å². The number of aromatic amines is 1. The molecule has 0 saturated carbocycles. The van der Waals surface area contributed by atoms with E-state index in [0.717, 1.165) is 24.4 Å². The molecule has 3 rings (SSSR count). The maximum atomic E-state index is 13.8. The van der Waals surface area contributed by atoms with Crippen LogP contribution in [0.5, 0.6) is 0 Å². The summed E-state index contributed by atoms with van der Waals surface area (Å²) in [4.78, 5) is 21.8. The van der Waals surface area contributed by atoms with Gasteiger partial charge in [0.25, 0.3) is 0 Å². The summed E-state index contributed by atoms with van der Waals surface area (Å²) < 4.78 is 13.8. The minimum Gasteiger partial charge on any atom is -0.344 e. The number of likely N-dealkylation sites (tertiary alicyclic amines) is 1. The second-order valence-electron chi connectivity index (χ2n) is 5.57. The van der Waals surface area contributed by atoms with Gasteiger partial charge in [-0.2, -0.15) is 0 Å². The molecule has 1 aromatic carbocycles. The molecular formula is C16H17ClFN3O. The molecule has 6 heteroatoms. The number of rotatable bonds is 3. The highest BCUT2D eigenvalue weighted by Crippen LogP contribution is 2.31. The Kier molecular flexibility index (Phi) is 4.16. The van der Waals surface area contributed by atoms with E-state index in [0.29, 0.717) is 6.54 Å². The summed E-state index contributed by atoms with van der Waals surface area (Å²) in [6.45, 7) is 2.59. The highest BCUT2D eigenvalue weighted by molar-refractivity contribution is 6.31. The van der Waals surface area contributed by atoms with Gasteiger partial charge in [0.2, 0.25) is 5.91 Å². The van der Waals surface area contributed by atoms with Crippen LogP contribution in [0.2, 0.25) is 5.02 Å². The Bertz CT molecular complexity index is 680. The Morgan fingerprint density at radius 1 is 1.55 bits per heavy atom. The van der Waals surface area contributed by atoms with Crippen molar-refractivity contribution in [2.75, 3.05) is 6.54 Å². The number of carbonyl (C=O) groups is 1. The van der Waals surface area contributed by atoms with Gasteiger partial charge in [0, 0.05) is 29.0 Å². The zero-order chi connectivity index (χ0) is 15.7. The van der Waals surface area contributed by atoms with Crippen molar-refractivity contribution >= 4 is 17.5 Å². The fraction of sp³-hybridized carbons (Fsp3) is 0.375. The van der Waals surface area contributed by atoms with Crippen LogP contribution < -0.4 is 0 Å². The molecule has 2 aromatic rings. The van der Waals surface area contributed by atoms with Crippen LogP contribution in [-0.2, 0) is 11.2 Å². The highest BCUT2D eigenvalue weighted by Gasteiger charge is 2.32. The van der Waals surface area contributed by atoms with E-state index >= 15 is 0 Å². The first-order valence-corrected chi connectivity index (χ1v) is 7.68. The molecule has 1 fully saturated rings. The Hall–Kier alpha value is -1.88. The van der Waals surface area contributed by atoms with Crippen molar-refractivity contribution in [1.29, 1.82) is 0 Å². The summed E-state index contributed by atoms with van der Waals surface area (Å²) in [6.07, 6.45) is 3.51. The van der Waals surface area contributed by atoms with Crippen molar-refractivity contribution in [2.24, 2.45) is 0 Å². The smallest absolute Gasteiger partial charge is 0.227 e. The third-order valence-corrected chi connectivity index (χ3v) is 4.36. The lowest BCUT2D eigenvalue weighted by Gasteiger charge is -2.23. The summed E-state index contributed by atoms with van der Waals surface area (Å²) in [5.74, 6) is 0.233. The van der Waals surface area contributed by atoms with Crippen LogP contribution in [0.1, 0.15) is 36.0 Å². The van der Waals surface area contributed by atoms with Gasteiger partial charge in [-0.1, -0.05) is 17.7 Å². The average Bonchev–Trinajstić information content (AvgIpc) is 3.11. The number of hydrogen-bond acceptors (Lipinski definition) is 2. The van der Waals surface area contributed by atoms with Crippen LogP contribution in [0.4, 0.5) is 4.39 Å². The number of hydrogen-bond donors (Lipinski definition) is 1. The first kappa shape index (κ1) is 15.0. The van der Waals surface area contributed by atoms with Crippen molar-refractivity contribution < 1.29 is 9.18 Å². The average molecular weight is 322 g/mol. The van der Waals surface area contributed by atoms with Gasteiger partial charge in [0.1, 0.15) is 11.6 Å². The molecule has 4 nitrogen and oxygen atoms in total. The molecule has 1 unspecified atom stereocenters. The Morgan fingerprint density at radius 3 is 3.05 bits per heavy atom. The van der Waals surface area contributed by atoms with Crippen molar-refractivity contribution in [3.8, 4) is 0 Å². The molecule has 1 saturated heterocycles. The number of imidazole rings is 1. The number of amides is 1. The van der Waals surface area contributed by atoms with Crippen molar-refractivity contribution in [3.63, 3.8) is 0 Å². The number of benzene rings is 1. The molecule has 0 bridgehead atoms. The predicted molar refractivity (Wildman–Crippen MR) is 82.1 cm³/mol. The van der Waals surface area contributed by atoms with Gasteiger partial charge >= 0.3 is 0 Å². The van der Waals surface area contributed by atoms with Gasteiger partial charge in [-0.15, -0.1) is 0 Å². The third-order valence-electron chi connectivity index (χ3n) is 4.00. The van der Waals surface area contributed by atoms with E-state index in [2.05, 4.69) is 9.97 Å². The predicted octanol–water partition coefficient (Wildman–Crippen LogP) is 3.42. The quantitative estimate of drug-likeness (QED) is 0.941.